The summed E-state index contributed by atoms with van der Waals surface area (Å²) in [4.78, 5) is 24.9. The van der Waals surface area contributed by atoms with Gasteiger partial charge in [-0.05, 0) is 35.9 Å². The topological polar surface area (TPSA) is 81.7 Å². The fourth-order valence-corrected chi connectivity index (χ4v) is 3.86. The Labute approximate surface area is 198 Å². The third-order valence-corrected chi connectivity index (χ3v) is 5.86. The number of carboxylic acid groups (broad SMARTS) is 1. The van der Waals surface area contributed by atoms with Gasteiger partial charge >= 0.3 is 24.5 Å². The predicted octanol–water partition coefficient (Wildman–Crippen LogP) is 6.30. The van der Waals surface area contributed by atoms with E-state index < -0.39 is 53.3 Å². The Balaban J connectivity index is 1.84. The molecule has 3 amide bonds. The zero-order valence-electron chi connectivity index (χ0n) is 16.8. The first-order chi connectivity index (χ1) is 15.6. The fraction of sp³-hybridized carbons (Fsp3) is 0.300. The molecule has 0 saturated carbocycles. The van der Waals surface area contributed by atoms with Crippen LogP contribution in [0.15, 0.2) is 36.4 Å². The predicted molar refractivity (Wildman–Crippen MR) is 111 cm³/mol. The highest BCUT2D eigenvalue weighted by Crippen LogP contribution is 2.38. The number of anilines is 1. The number of carbonyl (C=O) groups excluding carboxylic acids is 1. The monoisotopic (exact) mass is 529 g/mol. The van der Waals surface area contributed by atoms with Gasteiger partial charge in [-0.15, -0.1) is 0 Å². The second-order valence-electron chi connectivity index (χ2n) is 7.47. The van der Waals surface area contributed by atoms with Crippen LogP contribution in [0.1, 0.15) is 22.6 Å². The number of nitrogens with zero attached hydrogens (tertiary/aromatic N) is 1. The second-order valence-corrected chi connectivity index (χ2v) is 8.28. The number of halogens is 8. The van der Waals surface area contributed by atoms with Gasteiger partial charge in [-0.1, -0.05) is 29.3 Å². The van der Waals surface area contributed by atoms with Crippen LogP contribution in [-0.4, -0.2) is 41.3 Å². The largest absolute Gasteiger partial charge is 0.465 e. The van der Waals surface area contributed by atoms with E-state index in [9.17, 15) is 41.0 Å². The van der Waals surface area contributed by atoms with E-state index in [4.69, 9.17) is 23.2 Å². The van der Waals surface area contributed by atoms with Crippen molar-refractivity contribution < 1.29 is 41.0 Å². The molecule has 3 N–H and O–H groups in total. The molecule has 2 aromatic rings. The van der Waals surface area contributed by atoms with E-state index in [-0.39, 0.29) is 29.2 Å². The lowest BCUT2D eigenvalue weighted by Gasteiger charge is -2.21. The number of hydrogen-bond acceptors (Lipinski definition) is 2. The van der Waals surface area contributed by atoms with E-state index in [0.29, 0.717) is 17.7 Å². The third kappa shape index (κ3) is 5.98. The summed E-state index contributed by atoms with van der Waals surface area (Å²) in [6, 6.07) is 3.21. The van der Waals surface area contributed by atoms with Crippen molar-refractivity contribution in [3.63, 3.8) is 0 Å². The normalized spacial score (nSPS) is 18.6. The van der Waals surface area contributed by atoms with Crippen LogP contribution in [0.4, 0.5) is 41.6 Å². The van der Waals surface area contributed by atoms with E-state index in [1.807, 2.05) is 5.32 Å². The average Bonchev–Trinajstić information content (AvgIpc) is 3.12. The van der Waals surface area contributed by atoms with E-state index in [1.54, 1.807) is 6.07 Å². The van der Waals surface area contributed by atoms with E-state index in [1.165, 1.54) is 12.1 Å². The number of likely N-dealkylation sites (tertiary alicyclic amines) is 1. The van der Waals surface area contributed by atoms with Gasteiger partial charge in [-0.2, -0.15) is 26.3 Å². The quantitative estimate of drug-likeness (QED) is 0.408. The van der Waals surface area contributed by atoms with Crippen molar-refractivity contribution in [1.82, 2.24) is 10.2 Å². The van der Waals surface area contributed by atoms with E-state index in [2.05, 4.69) is 5.32 Å². The molecule has 3 rings (SSSR count). The van der Waals surface area contributed by atoms with Crippen LogP contribution in [0.25, 0.3) is 0 Å². The van der Waals surface area contributed by atoms with Gasteiger partial charge in [-0.25, -0.2) is 9.59 Å². The Morgan fingerprint density at radius 1 is 0.912 bits per heavy atom. The number of rotatable bonds is 3. The maximum atomic E-state index is 13.0. The van der Waals surface area contributed by atoms with Crippen molar-refractivity contribution in [2.45, 2.75) is 24.3 Å². The zero-order valence-corrected chi connectivity index (χ0v) is 18.3. The minimum absolute atomic E-state index is 0.0416. The maximum absolute atomic E-state index is 13.0. The molecule has 1 aliphatic rings. The van der Waals surface area contributed by atoms with Crippen LogP contribution < -0.4 is 10.6 Å². The van der Waals surface area contributed by atoms with Crippen molar-refractivity contribution in [1.29, 1.82) is 0 Å². The molecule has 6 nitrogen and oxygen atoms in total. The van der Waals surface area contributed by atoms with Gasteiger partial charge in [0.1, 0.15) is 0 Å². The van der Waals surface area contributed by atoms with Crippen molar-refractivity contribution in [3.8, 4) is 0 Å². The average molecular weight is 530 g/mol. The molecular formula is C20H15Cl2F6N3O3. The smallest absolute Gasteiger partial charge is 0.416 e. The summed E-state index contributed by atoms with van der Waals surface area (Å²) in [5.41, 5.74) is -3.39. The van der Waals surface area contributed by atoms with Crippen LogP contribution in [0, 0.1) is 0 Å². The molecule has 2 atom stereocenters. The summed E-state index contributed by atoms with van der Waals surface area (Å²) >= 11 is 11.9. The Bertz CT molecular complexity index is 1080. The number of urea groups is 1. The van der Waals surface area contributed by atoms with Gasteiger partial charge in [0.15, 0.2) is 0 Å². The van der Waals surface area contributed by atoms with Gasteiger partial charge in [0, 0.05) is 24.7 Å². The van der Waals surface area contributed by atoms with Crippen LogP contribution in [0.3, 0.4) is 0 Å². The summed E-state index contributed by atoms with van der Waals surface area (Å²) < 4.78 is 78.3. The summed E-state index contributed by atoms with van der Waals surface area (Å²) in [5.74, 6) is -0.608. The van der Waals surface area contributed by atoms with Gasteiger partial charge in [-0.3, -0.25) is 0 Å². The zero-order chi connectivity index (χ0) is 25.4. The first kappa shape index (κ1) is 25.8. The van der Waals surface area contributed by atoms with E-state index >= 15 is 0 Å². The number of alkyl halides is 6. The molecule has 1 saturated heterocycles. The highest BCUT2D eigenvalue weighted by atomic mass is 35.5. The van der Waals surface area contributed by atoms with Gasteiger partial charge in [0.2, 0.25) is 0 Å². The van der Waals surface area contributed by atoms with E-state index in [0.717, 1.165) is 4.90 Å². The number of amides is 3. The van der Waals surface area contributed by atoms with Crippen molar-refractivity contribution >= 4 is 41.0 Å². The number of nitrogens with one attached hydrogen (secondary N) is 2. The van der Waals surface area contributed by atoms with Crippen LogP contribution in [0.2, 0.25) is 10.0 Å². The Morgan fingerprint density at radius 3 is 2.00 bits per heavy atom. The van der Waals surface area contributed by atoms with Crippen LogP contribution >= 0.6 is 23.2 Å². The Hall–Kier alpha value is -2.86. The molecule has 2 unspecified atom stereocenters. The van der Waals surface area contributed by atoms with Crippen molar-refractivity contribution in [2.24, 2.45) is 0 Å². The molecule has 0 radical (unpaired) electrons. The van der Waals surface area contributed by atoms with Crippen LogP contribution in [-0.2, 0) is 12.4 Å². The fourth-order valence-electron chi connectivity index (χ4n) is 3.55. The summed E-state index contributed by atoms with van der Waals surface area (Å²) in [7, 11) is 0. The summed E-state index contributed by atoms with van der Waals surface area (Å²) in [6.07, 6.45) is -11.4. The first-order valence-corrected chi connectivity index (χ1v) is 10.2. The number of benzene rings is 2. The minimum Gasteiger partial charge on any atom is -0.465 e. The third-order valence-electron chi connectivity index (χ3n) is 5.12. The molecule has 14 heteroatoms. The maximum Gasteiger partial charge on any atom is 0.416 e. The lowest BCUT2D eigenvalue weighted by molar-refractivity contribution is -0.143. The Kier molecular flexibility index (Phi) is 7.13. The Morgan fingerprint density at radius 2 is 1.50 bits per heavy atom. The minimum atomic E-state index is -5.08. The SMILES string of the molecule is O=C(Nc1cc(C(F)(F)F)cc(C(F)(F)F)c1)NC1CN(C(=O)O)CC1c1ccc(Cl)c(Cl)c1. The highest BCUT2D eigenvalue weighted by Gasteiger charge is 2.39. The van der Waals surface area contributed by atoms with Crippen molar-refractivity contribution in [2.75, 3.05) is 18.4 Å². The number of carbonyl (C=O) groups is 2. The lowest BCUT2D eigenvalue weighted by Crippen LogP contribution is -2.42. The van der Waals surface area contributed by atoms with Gasteiger partial charge in [0.25, 0.3) is 0 Å². The standard InChI is InChI=1S/C20H15Cl2F6N3O3/c21-14-2-1-9(3-15(14)22)13-7-31(18(33)34)8-16(13)30-17(32)29-12-5-10(19(23,24)25)4-11(6-12)20(26,27)28/h1-6,13,16H,7-8H2,(H,33,34)(H2,29,30,32). The lowest BCUT2D eigenvalue weighted by atomic mass is 9.94. The molecule has 0 aromatic heterocycles. The molecule has 1 heterocycles. The molecule has 2 aromatic carbocycles. The molecule has 184 valence electrons. The number of hydrogen-bond donors (Lipinski definition) is 3. The molecule has 34 heavy (non-hydrogen) atoms. The molecule has 1 fully saturated rings. The second kappa shape index (κ2) is 9.41. The summed E-state index contributed by atoms with van der Waals surface area (Å²) in [5, 5.41) is 14.1. The van der Waals surface area contributed by atoms with Crippen molar-refractivity contribution in [3.05, 3.63) is 63.1 Å². The molecule has 0 aliphatic carbocycles. The van der Waals surface area contributed by atoms with Gasteiger partial charge < -0.3 is 20.6 Å². The molecule has 1 aliphatic heterocycles. The molecular weight excluding hydrogens is 515 g/mol. The highest BCUT2D eigenvalue weighted by molar-refractivity contribution is 6.42. The van der Waals surface area contributed by atoms with Crippen LogP contribution in [0.5, 0.6) is 0 Å². The summed E-state index contributed by atoms with van der Waals surface area (Å²) in [6.45, 7) is -0.218. The van der Waals surface area contributed by atoms with Gasteiger partial charge in [0.05, 0.1) is 27.2 Å². The molecule has 0 spiro atoms. The molecule has 0 bridgehead atoms. The first-order valence-electron chi connectivity index (χ1n) is 9.45.